The number of pyridine rings is 2. The largest absolute Gasteiger partial charge is 0.441 e. The minimum atomic E-state index is -4.53. The zero-order valence-electron chi connectivity index (χ0n) is 20.3. The second-order valence-electron chi connectivity index (χ2n) is 9.76. The second kappa shape index (κ2) is 10.4. The van der Waals surface area contributed by atoms with Crippen LogP contribution in [0.3, 0.4) is 0 Å². The van der Waals surface area contributed by atoms with Gasteiger partial charge in [-0.05, 0) is 24.2 Å². The molecule has 0 N–H and O–H groups in total. The number of alkyl halides is 3. The highest BCUT2D eigenvalue weighted by Crippen LogP contribution is 2.33. The molecule has 1 aliphatic heterocycles. The number of hydrogen-bond donors (Lipinski definition) is 0. The number of nitrogens with zero attached hydrogens (tertiary/aromatic N) is 5. The highest BCUT2D eigenvalue weighted by molar-refractivity contribution is 6.76. The first kappa shape index (κ1) is 25.8. The van der Waals surface area contributed by atoms with Crippen LogP contribution in [0.25, 0.3) is 11.3 Å². The van der Waals surface area contributed by atoms with Crippen molar-refractivity contribution in [1.82, 2.24) is 19.7 Å². The lowest BCUT2D eigenvalue weighted by atomic mass is 10.1. The molecule has 3 aromatic rings. The quantitative estimate of drug-likeness (QED) is 0.278. The molecule has 0 bridgehead atoms. The molecule has 0 spiro atoms. The van der Waals surface area contributed by atoms with Gasteiger partial charge >= 0.3 is 12.3 Å². The van der Waals surface area contributed by atoms with Crippen molar-refractivity contribution in [3.8, 4) is 11.3 Å². The fraction of sp³-hybridized carbons (Fsp3) is 0.417. The van der Waals surface area contributed by atoms with Crippen molar-refractivity contribution >= 4 is 20.0 Å². The highest BCUT2D eigenvalue weighted by Gasteiger charge is 2.34. The lowest BCUT2D eigenvalue weighted by Crippen LogP contribution is -2.40. The van der Waals surface area contributed by atoms with Crippen LogP contribution in [0.1, 0.15) is 23.8 Å². The molecule has 36 heavy (non-hydrogen) atoms. The molecule has 0 radical (unpaired) electrons. The van der Waals surface area contributed by atoms with Gasteiger partial charge in [0, 0.05) is 63.4 Å². The monoisotopic (exact) mass is 519 g/mol. The second-order valence-corrected chi connectivity index (χ2v) is 15.4. The average Bonchev–Trinajstić information content (AvgIpc) is 3.25. The normalized spacial score (nSPS) is 16.8. The van der Waals surface area contributed by atoms with Gasteiger partial charge in [-0.3, -0.25) is 14.9 Å². The van der Waals surface area contributed by atoms with E-state index in [1.165, 1.54) is 11.0 Å². The zero-order valence-corrected chi connectivity index (χ0v) is 21.3. The van der Waals surface area contributed by atoms with Crippen LogP contribution < -0.4 is 4.90 Å². The molecule has 0 aliphatic carbocycles. The van der Waals surface area contributed by atoms with Crippen molar-refractivity contribution in [3.05, 3.63) is 60.2 Å². The third kappa shape index (κ3) is 6.29. The molecule has 8 nitrogen and oxygen atoms in total. The van der Waals surface area contributed by atoms with E-state index >= 15 is 0 Å². The number of ether oxygens (including phenoxy) is 2. The Kier molecular flexibility index (Phi) is 7.45. The molecule has 4 rings (SSSR count). The maximum atomic E-state index is 13.0. The number of hydrogen-bond acceptors (Lipinski definition) is 6. The summed E-state index contributed by atoms with van der Waals surface area (Å²) in [4.78, 5) is 22.0. The predicted octanol–water partition coefficient (Wildman–Crippen LogP) is 5.76. The van der Waals surface area contributed by atoms with Gasteiger partial charge in [-0.15, -0.1) is 0 Å². The van der Waals surface area contributed by atoms with Gasteiger partial charge in [-0.25, -0.2) is 9.48 Å². The van der Waals surface area contributed by atoms with Crippen LogP contribution in [0.5, 0.6) is 0 Å². The molecule has 1 amide bonds. The van der Waals surface area contributed by atoms with Gasteiger partial charge in [-0.2, -0.15) is 18.3 Å². The van der Waals surface area contributed by atoms with Gasteiger partial charge in [0.1, 0.15) is 24.3 Å². The van der Waals surface area contributed by atoms with Gasteiger partial charge in [-0.1, -0.05) is 25.7 Å². The Morgan fingerprint density at radius 1 is 1.17 bits per heavy atom. The molecule has 3 aromatic heterocycles. The van der Waals surface area contributed by atoms with Gasteiger partial charge < -0.3 is 9.47 Å². The van der Waals surface area contributed by atoms with E-state index < -0.39 is 32.1 Å². The Morgan fingerprint density at radius 3 is 2.53 bits per heavy atom. The molecule has 1 unspecified atom stereocenters. The number of cyclic esters (lactones) is 1. The van der Waals surface area contributed by atoms with Crippen molar-refractivity contribution in [2.75, 3.05) is 18.1 Å². The van der Waals surface area contributed by atoms with E-state index in [1.54, 1.807) is 23.1 Å². The number of halogens is 3. The Bertz CT molecular complexity index is 1180. The lowest BCUT2D eigenvalue weighted by molar-refractivity contribution is -0.141. The summed E-state index contributed by atoms with van der Waals surface area (Å²) in [6.07, 6.45) is -1.02. The molecular formula is C24H28F3N5O3Si. The number of carbonyl (C=O) groups excluding carboxylic acids is 1. The fourth-order valence-corrected chi connectivity index (χ4v) is 4.46. The van der Waals surface area contributed by atoms with Crippen LogP contribution >= 0.6 is 0 Å². The van der Waals surface area contributed by atoms with Gasteiger partial charge in [0.2, 0.25) is 0 Å². The molecule has 1 atom stereocenters. The minimum absolute atomic E-state index is 0.168. The predicted molar refractivity (Wildman–Crippen MR) is 130 cm³/mol. The van der Waals surface area contributed by atoms with E-state index in [2.05, 4.69) is 34.7 Å². The smallest absolute Gasteiger partial charge is 0.433 e. The molecule has 12 heteroatoms. The van der Waals surface area contributed by atoms with Crippen molar-refractivity contribution in [3.63, 3.8) is 0 Å². The van der Waals surface area contributed by atoms with E-state index in [0.29, 0.717) is 36.6 Å². The fourth-order valence-electron chi connectivity index (χ4n) is 3.70. The third-order valence-electron chi connectivity index (χ3n) is 5.75. The van der Waals surface area contributed by atoms with Crippen LogP contribution in [-0.2, 0) is 22.4 Å². The first-order valence-corrected chi connectivity index (χ1v) is 15.3. The minimum Gasteiger partial charge on any atom is -0.441 e. The lowest BCUT2D eigenvalue weighted by Gasteiger charge is -2.31. The van der Waals surface area contributed by atoms with Crippen LogP contribution in [-0.4, -0.2) is 47.1 Å². The third-order valence-corrected chi connectivity index (χ3v) is 7.45. The Balaban J connectivity index is 1.51. The van der Waals surface area contributed by atoms with Gasteiger partial charge in [0.25, 0.3) is 0 Å². The molecular weight excluding hydrogens is 491 g/mol. The SMILES string of the molecule is C[Si](C)(C)CCOCn1nc(-c2ccncc2)cc1N1CCC(c2ccc(C(F)(F)F)nc2)OC1=O. The molecule has 1 fully saturated rings. The summed E-state index contributed by atoms with van der Waals surface area (Å²) in [5, 5.41) is 4.64. The highest BCUT2D eigenvalue weighted by atomic mass is 28.3. The van der Waals surface area contributed by atoms with Crippen molar-refractivity contribution in [2.45, 2.75) is 51.1 Å². The molecule has 0 aromatic carbocycles. The van der Waals surface area contributed by atoms with Gasteiger partial charge in [0.15, 0.2) is 0 Å². The summed E-state index contributed by atoms with van der Waals surface area (Å²) < 4.78 is 51.6. The van der Waals surface area contributed by atoms with E-state index in [1.807, 2.05) is 12.1 Å². The number of carbonyl (C=O) groups is 1. The van der Waals surface area contributed by atoms with Crippen LogP contribution in [0.2, 0.25) is 25.7 Å². The summed E-state index contributed by atoms with van der Waals surface area (Å²) in [6.45, 7) is 7.85. The average molecular weight is 520 g/mol. The number of amides is 1. The van der Waals surface area contributed by atoms with Crippen molar-refractivity contribution in [2.24, 2.45) is 0 Å². The van der Waals surface area contributed by atoms with Crippen LogP contribution in [0, 0.1) is 0 Å². The van der Waals surface area contributed by atoms with E-state index in [0.717, 1.165) is 23.9 Å². The summed E-state index contributed by atoms with van der Waals surface area (Å²) in [5.41, 5.74) is 0.919. The van der Waals surface area contributed by atoms with Crippen LogP contribution in [0.4, 0.5) is 23.8 Å². The number of aromatic nitrogens is 4. The van der Waals surface area contributed by atoms with E-state index in [9.17, 15) is 18.0 Å². The topological polar surface area (TPSA) is 82.4 Å². The number of anilines is 1. The summed E-state index contributed by atoms with van der Waals surface area (Å²) in [7, 11) is -1.27. The summed E-state index contributed by atoms with van der Waals surface area (Å²) >= 11 is 0. The Morgan fingerprint density at radius 2 is 1.92 bits per heavy atom. The van der Waals surface area contributed by atoms with Crippen molar-refractivity contribution < 1.29 is 27.4 Å². The maximum absolute atomic E-state index is 13.0. The Hall–Kier alpha value is -3.25. The molecule has 1 saturated heterocycles. The number of rotatable bonds is 8. The molecule has 1 aliphatic rings. The van der Waals surface area contributed by atoms with Crippen LogP contribution in [0.15, 0.2) is 48.9 Å². The zero-order chi connectivity index (χ0) is 25.9. The summed E-state index contributed by atoms with van der Waals surface area (Å²) in [5.74, 6) is 0.517. The first-order valence-electron chi connectivity index (χ1n) is 11.6. The molecule has 192 valence electrons. The van der Waals surface area contributed by atoms with Crippen molar-refractivity contribution in [1.29, 1.82) is 0 Å². The molecule has 0 saturated carbocycles. The molecule has 4 heterocycles. The van der Waals surface area contributed by atoms with E-state index in [4.69, 9.17) is 9.47 Å². The van der Waals surface area contributed by atoms with Gasteiger partial charge in [0.05, 0.1) is 5.69 Å². The first-order chi connectivity index (χ1) is 17.0. The standard InChI is InChI=1S/C24H28F3N5O3Si/c1-36(2,3)13-12-34-16-32-22(14-19(30-32)17-6-9-28-10-7-17)31-11-8-20(35-23(31)33)18-4-5-21(29-15-18)24(25,26)27/h4-7,9-10,14-15,20H,8,11-13,16H2,1-3H3. The maximum Gasteiger partial charge on any atom is 0.433 e. The summed E-state index contributed by atoms with van der Waals surface area (Å²) in [6, 6.07) is 8.62. The van der Waals surface area contributed by atoms with E-state index in [-0.39, 0.29) is 6.73 Å². The Labute approximate surface area is 208 Å².